The molecule has 0 saturated heterocycles. The molecule has 11 heteroatoms. The molecule has 0 atom stereocenters. The monoisotopic (exact) mass is 360 g/mol. The maximum absolute atomic E-state index is 10.3. The van der Waals surface area contributed by atoms with Gasteiger partial charge in [0.25, 0.3) is 0 Å². The Morgan fingerprint density at radius 1 is 1.04 bits per heavy atom. The van der Waals surface area contributed by atoms with E-state index < -0.39 is 26.6 Å². The van der Waals surface area contributed by atoms with E-state index in [1.165, 1.54) is 0 Å². The summed E-state index contributed by atoms with van der Waals surface area (Å²) in [6.45, 7) is 9.43. The van der Waals surface area contributed by atoms with E-state index in [1.807, 2.05) is 0 Å². The van der Waals surface area contributed by atoms with Crippen LogP contribution in [0.1, 0.15) is 6.42 Å². The first-order valence-corrected chi connectivity index (χ1v) is 6.05. The van der Waals surface area contributed by atoms with Crippen molar-refractivity contribution in [1.82, 2.24) is 0 Å². The van der Waals surface area contributed by atoms with Gasteiger partial charge in [0.05, 0.1) is 15.3 Å². The number of esters is 1. The molecular weight excluding hydrogens is 342 g/mol. The van der Waals surface area contributed by atoms with Crippen molar-refractivity contribution in [3.63, 3.8) is 0 Å². The van der Waals surface area contributed by atoms with E-state index in [9.17, 15) is 14.4 Å². The van der Waals surface area contributed by atoms with Crippen molar-refractivity contribution in [3.8, 4) is 0 Å². The van der Waals surface area contributed by atoms with Gasteiger partial charge in [-0.25, -0.2) is 14.4 Å². The fraction of sp³-hybridized carbons (Fsp3) is 0.250. The number of carbonyl (C=O) groups is 3. The average Bonchev–Trinajstić information content (AvgIpc) is 2.49. The van der Waals surface area contributed by atoms with Gasteiger partial charge in [-0.3, -0.25) is 4.57 Å². The zero-order chi connectivity index (χ0) is 18.4. The minimum absolute atomic E-state index is 0. The topological polar surface area (TPSA) is 161 Å². The van der Waals surface area contributed by atoms with E-state index in [2.05, 4.69) is 24.5 Å². The summed E-state index contributed by atoms with van der Waals surface area (Å²) in [5, 5.41) is 23.4. The fourth-order valence-corrected chi connectivity index (χ4v) is 0.296. The molecule has 126 valence electrons. The van der Waals surface area contributed by atoms with Crippen LogP contribution < -0.4 is 34.5 Å². The molecule has 0 aliphatic rings. The second-order valence-corrected chi connectivity index (χ2v) is 2.76. The quantitative estimate of drug-likeness (QED) is 0.149. The molecular formula is C12H18NaO9P. The van der Waals surface area contributed by atoms with Crippen LogP contribution in [0.3, 0.4) is 0 Å². The molecule has 0 aliphatic heterocycles. The van der Waals surface area contributed by atoms with Crippen LogP contribution >= 0.6 is 8.69 Å². The summed E-state index contributed by atoms with van der Waals surface area (Å²) >= 11 is 0. The Bertz CT molecular complexity index is 340. The minimum Gasteiger partial charge on any atom is -0.772 e. The Hall–Kier alpha value is -1.35. The Labute approximate surface area is 157 Å². The zero-order valence-electron chi connectivity index (χ0n) is 12.7. The summed E-state index contributed by atoms with van der Waals surface area (Å²) in [5.41, 5.74) is 0. The van der Waals surface area contributed by atoms with E-state index in [1.54, 1.807) is 0 Å². The van der Waals surface area contributed by atoms with Crippen molar-refractivity contribution in [2.45, 2.75) is 6.42 Å². The summed E-state index contributed by atoms with van der Waals surface area (Å²) in [5.74, 6) is -2.40. The van der Waals surface area contributed by atoms with Gasteiger partial charge in [-0.15, -0.1) is 0 Å². The average molecular weight is 360 g/mol. The van der Waals surface area contributed by atoms with E-state index in [0.29, 0.717) is 6.42 Å². The third-order valence-electron chi connectivity index (χ3n) is 1.06. The van der Waals surface area contributed by atoms with Crippen LogP contribution in [-0.4, -0.2) is 46.4 Å². The largest absolute Gasteiger partial charge is 1.00 e. The molecule has 0 aromatic heterocycles. The molecule has 0 radical (unpaired) electrons. The number of aliphatic hydroxyl groups is 1. The molecule has 0 bridgehead atoms. The van der Waals surface area contributed by atoms with Crippen molar-refractivity contribution in [2.24, 2.45) is 0 Å². The van der Waals surface area contributed by atoms with Gasteiger partial charge in [-0.05, 0) is 0 Å². The molecule has 0 aromatic carbocycles. The summed E-state index contributed by atoms with van der Waals surface area (Å²) in [6.07, 6.45) is 3.25. The van der Waals surface area contributed by atoms with Crippen molar-refractivity contribution in [1.29, 1.82) is 0 Å². The van der Waals surface area contributed by atoms with Crippen LogP contribution in [-0.2, 0) is 23.7 Å². The molecule has 0 amide bonds. The van der Waals surface area contributed by atoms with E-state index in [0.717, 1.165) is 18.2 Å². The van der Waals surface area contributed by atoms with Gasteiger partial charge in [0.15, 0.2) is 0 Å². The number of hydrogen-bond acceptors (Lipinski definition) is 7. The SMILES string of the molecule is C=CC(=O)O.C=CC(=O)O.C=CC(=O)OCCCO.O=P[O-].[Na+]. The molecule has 0 rings (SSSR count). The summed E-state index contributed by atoms with van der Waals surface area (Å²) in [4.78, 5) is 37.1. The van der Waals surface area contributed by atoms with Gasteiger partial charge in [0.1, 0.15) is 0 Å². The first-order chi connectivity index (χ1) is 10.3. The zero-order valence-corrected chi connectivity index (χ0v) is 15.6. The first-order valence-electron chi connectivity index (χ1n) is 5.32. The summed E-state index contributed by atoms with van der Waals surface area (Å²) < 4.78 is 12.9. The molecule has 23 heavy (non-hydrogen) atoms. The predicted molar refractivity (Wildman–Crippen MR) is 76.1 cm³/mol. The van der Waals surface area contributed by atoms with Crippen LogP contribution in [0.25, 0.3) is 0 Å². The Kier molecular flexibility index (Phi) is 47.1. The van der Waals surface area contributed by atoms with Crippen molar-refractivity contribution in [3.05, 3.63) is 38.0 Å². The van der Waals surface area contributed by atoms with Gasteiger partial charge in [0.2, 0.25) is 0 Å². The predicted octanol–water partition coefficient (Wildman–Crippen LogP) is -2.83. The van der Waals surface area contributed by atoms with Crippen LogP contribution in [0.5, 0.6) is 0 Å². The van der Waals surface area contributed by atoms with Crippen LogP contribution in [0.4, 0.5) is 0 Å². The molecule has 0 unspecified atom stereocenters. The van der Waals surface area contributed by atoms with Gasteiger partial charge in [0, 0.05) is 31.3 Å². The van der Waals surface area contributed by atoms with Crippen LogP contribution in [0, 0.1) is 0 Å². The number of hydrogen-bond donors (Lipinski definition) is 3. The molecule has 0 saturated carbocycles. The van der Waals surface area contributed by atoms with Crippen molar-refractivity contribution in [2.75, 3.05) is 13.2 Å². The number of aliphatic carboxylic acids is 2. The molecule has 9 nitrogen and oxygen atoms in total. The maximum atomic E-state index is 10.3. The van der Waals surface area contributed by atoms with Gasteiger partial charge in [-0.2, -0.15) is 0 Å². The molecule has 0 aliphatic carbocycles. The standard InChI is InChI=1S/C6H10O3.2C3H4O2.Na.HO2P/c1-2-6(8)9-5-3-4-7;2*1-2-3(4)5;;1-3-2/h2,7H,1,3-5H2;2*2H,1H2,(H,4,5);;(H,1,2)/q;;;+1;/p-1. The summed E-state index contributed by atoms with van der Waals surface area (Å²) in [6, 6.07) is 0. The van der Waals surface area contributed by atoms with Crippen molar-refractivity contribution < 1.29 is 73.5 Å². The Morgan fingerprint density at radius 3 is 1.52 bits per heavy atom. The van der Waals surface area contributed by atoms with Crippen LogP contribution in [0.15, 0.2) is 38.0 Å². The smallest absolute Gasteiger partial charge is 0.772 e. The molecule has 0 heterocycles. The molecule has 3 N–H and O–H groups in total. The van der Waals surface area contributed by atoms with Crippen molar-refractivity contribution >= 4 is 26.6 Å². The van der Waals surface area contributed by atoms with Gasteiger partial charge >= 0.3 is 47.5 Å². The Morgan fingerprint density at radius 2 is 1.35 bits per heavy atom. The van der Waals surface area contributed by atoms with E-state index in [-0.39, 0.29) is 42.8 Å². The number of aliphatic hydroxyl groups excluding tert-OH is 1. The van der Waals surface area contributed by atoms with Gasteiger partial charge in [-0.1, -0.05) is 19.7 Å². The Balaban J connectivity index is -0.0000000670. The van der Waals surface area contributed by atoms with Crippen LogP contribution in [0.2, 0.25) is 0 Å². The maximum Gasteiger partial charge on any atom is 1.00 e. The molecule has 0 fully saturated rings. The first kappa shape index (κ1) is 33.3. The molecule has 0 spiro atoms. The number of carboxylic acids is 2. The number of rotatable bonds is 6. The third kappa shape index (κ3) is 77.1. The second kappa shape index (κ2) is 32.6. The van der Waals surface area contributed by atoms with E-state index in [4.69, 9.17) is 24.8 Å². The second-order valence-electron chi connectivity index (χ2n) is 2.61. The normalized spacial score (nSPS) is 7.04. The molecule has 0 aromatic rings. The summed E-state index contributed by atoms with van der Waals surface area (Å²) in [7, 11) is -1.08. The fourth-order valence-electron chi connectivity index (χ4n) is 0.296. The number of carboxylic acid groups (broad SMARTS) is 2. The van der Waals surface area contributed by atoms with Gasteiger partial charge < -0.3 is 24.9 Å². The minimum atomic E-state index is -1.08. The number of carbonyl (C=O) groups excluding carboxylic acids is 1. The third-order valence-corrected chi connectivity index (χ3v) is 1.06. The number of ether oxygens (including phenoxy) is 1. The van der Waals surface area contributed by atoms with E-state index >= 15 is 0 Å².